The fourth-order valence-corrected chi connectivity index (χ4v) is 2.80. The van der Waals surface area contributed by atoms with Crippen LogP contribution in [0.5, 0.6) is 5.75 Å². The van der Waals surface area contributed by atoms with E-state index in [2.05, 4.69) is 31.9 Å². The summed E-state index contributed by atoms with van der Waals surface area (Å²) in [5.41, 5.74) is 0. The Morgan fingerprint density at radius 1 is 1.27 bits per heavy atom. The van der Waals surface area contributed by atoms with Crippen molar-refractivity contribution in [2.45, 2.75) is 26.3 Å². The Morgan fingerprint density at radius 2 is 2.03 bits per heavy atom. The summed E-state index contributed by atoms with van der Waals surface area (Å²) < 4.78 is 13.0. The zero-order chi connectivity index (χ0) is 20.9. The number of guanidine groups is 1. The maximum Gasteiger partial charge on any atom is 0.193 e. The van der Waals surface area contributed by atoms with E-state index in [0.717, 1.165) is 43.5 Å². The van der Waals surface area contributed by atoms with Gasteiger partial charge in [0.1, 0.15) is 24.5 Å². The van der Waals surface area contributed by atoms with Crippen LogP contribution in [0.25, 0.3) is 0 Å². The van der Waals surface area contributed by atoms with Crippen molar-refractivity contribution in [2.24, 2.45) is 4.99 Å². The largest absolute Gasteiger partial charge is 0.492 e. The molecule has 0 aliphatic rings. The molecule has 0 atom stereocenters. The summed E-state index contributed by atoms with van der Waals surface area (Å²) in [6, 6.07) is 7.37. The third kappa shape index (κ3) is 9.48. The molecule has 10 heteroatoms. The molecule has 0 aliphatic heterocycles. The predicted molar refractivity (Wildman–Crippen MR) is 131 cm³/mol. The van der Waals surface area contributed by atoms with Crippen LogP contribution >= 0.6 is 35.6 Å². The zero-order valence-corrected chi connectivity index (χ0v) is 21.0. The Morgan fingerprint density at radius 3 is 2.73 bits per heavy atom. The molecule has 2 aromatic rings. The third-order valence-corrected chi connectivity index (χ3v) is 4.54. The van der Waals surface area contributed by atoms with E-state index in [-0.39, 0.29) is 24.0 Å². The monoisotopic (exact) mass is 550 g/mol. The normalized spacial score (nSPS) is 11.1. The van der Waals surface area contributed by atoms with Gasteiger partial charge in [0.05, 0.1) is 6.54 Å². The molecule has 0 saturated carbocycles. The number of halogens is 2. The molecule has 1 aromatic heterocycles. The second-order valence-electron chi connectivity index (χ2n) is 6.50. The number of nitrogens with one attached hydrogen (secondary N) is 1. The molecule has 8 nitrogen and oxygen atoms in total. The summed E-state index contributed by atoms with van der Waals surface area (Å²) in [4.78, 5) is 6.76. The van der Waals surface area contributed by atoms with Gasteiger partial charge < -0.3 is 24.3 Å². The number of aromatic nitrogens is 3. The van der Waals surface area contributed by atoms with Gasteiger partial charge in [0.2, 0.25) is 0 Å². The molecule has 2 rings (SSSR count). The van der Waals surface area contributed by atoms with Crippen LogP contribution in [0.2, 0.25) is 5.02 Å². The van der Waals surface area contributed by atoms with Gasteiger partial charge in [-0.2, -0.15) is 0 Å². The molecule has 0 saturated heterocycles. The Hall–Kier alpha value is -1.59. The molecule has 0 amide bonds. The van der Waals surface area contributed by atoms with Gasteiger partial charge in [-0.1, -0.05) is 18.5 Å². The highest BCUT2D eigenvalue weighted by atomic mass is 127. The fourth-order valence-electron chi connectivity index (χ4n) is 2.67. The van der Waals surface area contributed by atoms with Crippen LogP contribution in [-0.2, 0) is 17.7 Å². The first-order valence-electron chi connectivity index (χ1n) is 9.87. The van der Waals surface area contributed by atoms with Crippen molar-refractivity contribution in [3.8, 4) is 5.75 Å². The van der Waals surface area contributed by atoms with Crippen molar-refractivity contribution in [1.29, 1.82) is 0 Å². The van der Waals surface area contributed by atoms with E-state index in [4.69, 9.17) is 26.1 Å². The topological polar surface area (TPSA) is 76.8 Å². The number of aliphatic imine (C=N–C) groups is 1. The number of rotatable bonds is 12. The van der Waals surface area contributed by atoms with E-state index in [1.54, 1.807) is 13.4 Å². The van der Waals surface area contributed by atoms with Crippen molar-refractivity contribution < 1.29 is 9.47 Å². The zero-order valence-electron chi connectivity index (χ0n) is 17.9. The molecule has 0 aliphatic carbocycles. The number of nitrogens with zero attached hydrogens (tertiary/aromatic N) is 5. The number of ether oxygens (including phenoxy) is 2. The second-order valence-corrected chi connectivity index (χ2v) is 6.93. The number of hydrogen-bond donors (Lipinski definition) is 1. The van der Waals surface area contributed by atoms with Gasteiger partial charge in [-0.3, -0.25) is 4.99 Å². The summed E-state index contributed by atoms with van der Waals surface area (Å²) in [6.45, 7) is 6.23. The van der Waals surface area contributed by atoms with Crippen LogP contribution in [-0.4, -0.2) is 72.6 Å². The smallest absolute Gasteiger partial charge is 0.193 e. The van der Waals surface area contributed by atoms with Crippen LogP contribution in [0.1, 0.15) is 19.2 Å². The molecule has 0 bridgehead atoms. The quantitative estimate of drug-likeness (QED) is 0.189. The molecule has 30 heavy (non-hydrogen) atoms. The summed E-state index contributed by atoms with van der Waals surface area (Å²) in [5, 5.41) is 12.2. The molecule has 0 spiro atoms. The second kappa shape index (κ2) is 15.2. The average molecular weight is 551 g/mol. The van der Waals surface area contributed by atoms with Crippen LogP contribution in [0, 0.1) is 0 Å². The summed E-state index contributed by atoms with van der Waals surface area (Å²) in [5.74, 6) is 2.62. The molecule has 1 aromatic carbocycles. The molecule has 1 heterocycles. The fraction of sp³-hybridized carbons (Fsp3) is 0.550. The van der Waals surface area contributed by atoms with Gasteiger partial charge in [0, 0.05) is 51.8 Å². The highest BCUT2D eigenvalue weighted by molar-refractivity contribution is 14.0. The number of benzene rings is 1. The van der Waals surface area contributed by atoms with Crippen LogP contribution in [0.15, 0.2) is 35.6 Å². The molecule has 1 N–H and O–H groups in total. The van der Waals surface area contributed by atoms with Gasteiger partial charge in [0.25, 0.3) is 0 Å². The molecular formula is C20H32ClIN6O2. The Balaban J connectivity index is 0.00000450. The number of aryl methyl sites for hydroxylation is 1. The lowest BCUT2D eigenvalue weighted by molar-refractivity contribution is 0.197. The average Bonchev–Trinajstić information content (AvgIpc) is 3.18. The maximum atomic E-state index is 5.91. The summed E-state index contributed by atoms with van der Waals surface area (Å²) >= 11 is 5.91. The Bertz CT molecular complexity index is 741. The standard InChI is InChI=1S/C20H31ClN6O2.HI/c1-4-19-25-24-16-27(19)12-11-23-20(22-10-5-14-28-3)26(2)13-15-29-18-8-6-17(21)7-9-18;/h6-9,16H,4-5,10-15H2,1-3H3,(H,22,23);1H. The predicted octanol–water partition coefficient (Wildman–Crippen LogP) is 3.10. The minimum absolute atomic E-state index is 0. The Labute approximate surface area is 201 Å². The number of hydrogen-bond acceptors (Lipinski definition) is 5. The van der Waals surface area contributed by atoms with E-state index in [1.165, 1.54) is 0 Å². The Kier molecular flexibility index (Phi) is 13.4. The third-order valence-electron chi connectivity index (χ3n) is 4.29. The van der Waals surface area contributed by atoms with E-state index in [9.17, 15) is 0 Å². The van der Waals surface area contributed by atoms with E-state index < -0.39 is 0 Å². The minimum Gasteiger partial charge on any atom is -0.492 e. The van der Waals surface area contributed by atoms with Crippen molar-refractivity contribution in [3.05, 3.63) is 41.4 Å². The van der Waals surface area contributed by atoms with Crippen LogP contribution in [0.4, 0.5) is 0 Å². The SMILES string of the molecule is CCc1nncn1CCNC(=NCCCOC)N(C)CCOc1ccc(Cl)cc1.I. The molecule has 0 fully saturated rings. The maximum absolute atomic E-state index is 5.91. The van der Waals surface area contributed by atoms with Gasteiger partial charge >= 0.3 is 0 Å². The summed E-state index contributed by atoms with van der Waals surface area (Å²) in [6.07, 6.45) is 3.50. The number of methoxy groups -OCH3 is 1. The lowest BCUT2D eigenvalue weighted by Gasteiger charge is -2.23. The first kappa shape index (κ1) is 26.4. The first-order chi connectivity index (χ1) is 14.1. The lowest BCUT2D eigenvalue weighted by atomic mass is 10.3. The van der Waals surface area contributed by atoms with Crippen molar-refractivity contribution in [2.75, 3.05) is 47.0 Å². The van der Waals surface area contributed by atoms with E-state index >= 15 is 0 Å². The van der Waals surface area contributed by atoms with Gasteiger partial charge in [-0.15, -0.1) is 34.2 Å². The molecule has 168 valence electrons. The highest BCUT2D eigenvalue weighted by Crippen LogP contribution is 2.15. The highest BCUT2D eigenvalue weighted by Gasteiger charge is 2.08. The minimum atomic E-state index is 0. The molecule has 0 unspecified atom stereocenters. The van der Waals surface area contributed by atoms with Crippen LogP contribution < -0.4 is 10.1 Å². The number of likely N-dealkylation sites (N-methyl/N-ethyl adjacent to an activating group) is 1. The van der Waals surface area contributed by atoms with Gasteiger partial charge in [0.15, 0.2) is 5.96 Å². The molecular weight excluding hydrogens is 519 g/mol. The van der Waals surface area contributed by atoms with Crippen molar-refractivity contribution >= 4 is 41.5 Å². The van der Waals surface area contributed by atoms with E-state index in [0.29, 0.717) is 31.3 Å². The summed E-state index contributed by atoms with van der Waals surface area (Å²) in [7, 11) is 3.71. The first-order valence-corrected chi connectivity index (χ1v) is 10.2. The van der Waals surface area contributed by atoms with Crippen LogP contribution in [0.3, 0.4) is 0 Å². The van der Waals surface area contributed by atoms with Crippen molar-refractivity contribution in [3.63, 3.8) is 0 Å². The van der Waals surface area contributed by atoms with E-state index in [1.807, 2.05) is 31.3 Å². The van der Waals surface area contributed by atoms with Crippen molar-refractivity contribution in [1.82, 2.24) is 25.0 Å². The van der Waals surface area contributed by atoms with Gasteiger partial charge in [-0.05, 0) is 30.7 Å². The molecule has 0 radical (unpaired) electrons. The van der Waals surface area contributed by atoms with Gasteiger partial charge in [-0.25, -0.2) is 0 Å². The lowest BCUT2D eigenvalue weighted by Crippen LogP contribution is -2.42.